The van der Waals surface area contributed by atoms with Crippen LogP contribution in [0.1, 0.15) is 77.7 Å². The van der Waals surface area contributed by atoms with Crippen molar-refractivity contribution >= 4 is 59.2 Å². The maximum Gasteiger partial charge on any atom is 0.303 e. The molecule has 370 valence electrons. The van der Waals surface area contributed by atoms with Crippen molar-refractivity contribution in [2.75, 3.05) is 13.2 Å². The van der Waals surface area contributed by atoms with E-state index in [0.717, 1.165) is 67.5 Å². The average Bonchev–Trinajstić information content (AvgIpc) is 3.22. The molecule has 1 N–H and O–H groups in total. The van der Waals surface area contributed by atoms with E-state index in [9.17, 15) is 58.4 Å². The zero-order valence-electron chi connectivity index (χ0n) is 37.9. The van der Waals surface area contributed by atoms with Gasteiger partial charge in [-0.2, -0.15) is 0 Å². The number of rotatable bonds is 19. The van der Waals surface area contributed by atoms with Gasteiger partial charge in [0.25, 0.3) is 5.69 Å². The van der Waals surface area contributed by atoms with E-state index in [0.29, 0.717) is 5.56 Å². The molecule has 2 aliphatic heterocycles. The molecule has 2 aromatic rings. The van der Waals surface area contributed by atoms with Gasteiger partial charge >= 0.3 is 47.8 Å². The molecule has 10 atom stereocenters. The second kappa shape index (κ2) is 23.9. The molecule has 2 aromatic carbocycles. The van der Waals surface area contributed by atoms with Crippen molar-refractivity contribution in [2.24, 2.45) is 0 Å². The quantitative estimate of drug-likeness (QED) is 0.0692. The third kappa shape index (κ3) is 15.1. The number of carbonyl (C=O) groups excluding carboxylic acids is 9. The summed E-state index contributed by atoms with van der Waals surface area (Å²) in [5, 5.41) is 22.9. The largest absolute Gasteiger partial charge is 0.507 e. The Hall–Kier alpha value is -7.41. The average molecular weight is 964 g/mol. The molecule has 25 heteroatoms. The second-order valence-corrected chi connectivity index (χ2v) is 15.0. The van der Waals surface area contributed by atoms with Gasteiger partial charge in [0.2, 0.25) is 24.8 Å². The van der Waals surface area contributed by atoms with E-state index in [-0.39, 0.29) is 18.5 Å². The molecule has 0 amide bonds. The molecule has 0 aromatic heterocycles. The Balaban J connectivity index is 1.90. The van der Waals surface area contributed by atoms with Crippen molar-refractivity contribution in [1.82, 2.24) is 0 Å². The van der Waals surface area contributed by atoms with Gasteiger partial charge in [-0.05, 0) is 12.0 Å². The van der Waals surface area contributed by atoms with Crippen LogP contribution in [0.4, 0.5) is 5.69 Å². The maximum atomic E-state index is 14.2. The highest BCUT2D eigenvalue weighted by Gasteiger charge is 2.55. The van der Waals surface area contributed by atoms with E-state index >= 15 is 0 Å². The van der Waals surface area contributed by atoms with Crippen LogP contribution in [0.15, 0.2) is 36.4 Å². The Kier molecular flexibility index (Phi) is 18.7. The Labute approximate surface area is 386 Å². The van der Waals surface area contributed by atoms with Crippen LogP contribution in [-0.2, 0) is 92.1 Å². The van der Waals surface area contributed by atoms with E-state index in [2.05, 4.69) is 0 Å². The predicted molar refractivity (Wildman–Crippen MR) is 219 cm³/mol. The van der Waals surface area contributed by atoms with E-state index in [1.165, 1.54) is 24.3 Å². The highest BCUT2D eigenvalue weighted by Crippen LogP contribution is 2.40. The number of nitrogens with zero attached hydrogens (tertiary/aromatic N) is 1. The molecule has 2 fully saturated rings. The topological polar surface area (TPSA) is 328 Å². The number of aromatic hydroxyl groups is 1. The molecule has 0 radical (unpaired) electrons. The number of carbonyl (C=O) groups is 9. The van der Waals surface area contributed by atoms with Gasteiger partial charge in [0.15, 0.2) is 30.2 Å². The summed E-state index contributed by atoms with van der Waals surface area (Å²) in [7, 11) is 0. The molecule has 0 bridgehead atoms. The van der Waals surface area contributed by atoms with Gasteiger partial charge in [0.05, 0.1) is 4.92 Å². The minimum absolute atomic E-state index is 0.0439. The number of nitro benzene ring substituents is 1. The number of phenolic OH excluding ortho intramolecular Hbond substituents is 1. The van der Waals surface area contributed by atoms with Crippen LogP contribution in [0.25, 0.3) is 0 Å². The number of phenols is 1. The molecule has 0 unspecified atom stereocenters. The molecule has 2 heterocycles. The first-order valence-corrected chi connectivity index (χ1v) is 20.5. The lowest BCUT2D eigenvalue weighted by Crippen LogP contribution is -2.63. The number of Topliss-reactive ketones (excluding diaryl/α,β-unsaturated/α-hetero) is 1. The number of ether oxygens (including phenoxy) is 12. The highest BCUT2D eigenvalue weighted by atomic mass is 16.8. The summed E-state index contributed by atoms with van der Waals surface area (Å²) >= 11 is 0. The van der Waals surface area contributed by atoms with Gasteiger partial charge in [0, 0.05) is 86.1 Å². The summed E-state index contributed by atoms with van der Waals surface area (Å²) in [5.41, 5.74) is -0.326. The number of hydrogen-bond donors (Lipinski definition) is 1. The summed E-state index contributed by atoms with van der Waals surface area (Å²) < 4.78 is 67.4. The minimum atomic E-state index is -1.97. The van der Waals surface area contributed by atoms with Crippen molar-refractivity contribution in [3.05, 3.63) is 57.6 Å². The number of esters is 8. The highest BCUT2D eigenvalue weighted by molar-refractivity contribution is 6.01. The molecule has 0 spiro atoms. The molecule has 2 aliphatic rings. The fraction of sp³-hybridized carbons (Fsp3) is 0.512. The van der Waals surface area contributed by atoms with Gasteiger partial charge in [-0.15, -0.1) is 0 Å². The molecule has 0 aliphatic carbocycles. The first-order chi connectivity index (χ1) is 31.9. The van der Waals surface area contributed by atoms with Crippen LogP contribution in [0, 0.1) is 10.1 Å². The fourth-order valence-electron chi connectivity index (χ4n) is 7.01. The molecular weight excluding hydrogens is 914 g/mol. The summed E-state index contributed by atoms with van der Waals surface area (Å²) in [4.78, 5) is 123. The third-order valence-electron chi connectivity index (χ3n) is 9.51. The lowest BCUT2D eigenvalue weighted by Gasteiger charge is -2.44. The SMILES string of the molecule is CC(=O)OC[C@H]1O[C@H](Oc2cc(O)c(C(=O)CCc3ccc([N+](=O)[O-])cc3)c(O[C@H]3O[C@H](COC(C)=O)[C@@H](OC(C)=O)[C@H](OC(C)=O)[C@H]3OC(C)=O)c2)[C@H](OC(C)=O)[C@@H](OC(C)=O)[C@@H]1OC(C)=O. The monoisotopic (exact) mass is 963 g/mol. The Morgan fingerprint density at radius 3 is 1.35 bits per heavy atom. The molecule has 25 nitrogen and oxygen atoms in total. The summed E-state index contributed by atoms with van der Waals surface area (Å²) in [6.07, 6.45) is -17.5. The van der Waals surface area contributed by atoms with Gasteiger partial charge in [-0.25, -0.2) is 0 Å². The normalized spacial score (nSPS) is 24.1. The van der Waals surface area contributed by atoms with Crippen LogP contribution >= 0.6 is 0 Å². The lowest BCUT2D eigenvalue weighted by molar-refractivity contribution is -0.384. The maximum absolute atomic E-state index is 14.2. The zero-order valence-corrected chi connectivity index (χ0v) is 37.9. The fourth-order valence-corrected chi connectivity index (χ4v) is 7.01. The summed E-state index contributed by atoms with van der Waals surface area (Å²) in [6.45, 7) is 6.76. The van der Waals surface area contributed by atoms with Crippen LogP contribution in [-0.4, -0.2) is 138 Å². The number of hydrogen-bond acceptors (Lipinski definition) is 24. The van der Waals surface area contributed by atoms with E-state index < -0.39 is 156 Å². The third-order valence-corrected chi connectivity index (χ3v) is 9.51. The number of aryl methyl sites for hydroxylation is 1. The van der Waals surface area contributed by atoms with Crippen molar-refractivity contribution in [3.63, 3.8) is 0 Å². The molecular formula is C43H49NO24. The molecule has 2 saturated heterocycles. The standard InChI is InChI=1S/C43H49NO24/c1-19(45)57-17-33-36(59-21(3)47)38(61-23(5)49)40(63-25(7)51)42(67-33)65-29-15-31(54)35(30(53)14-11-27-9-12-28(13-10-27)44(55)56)32(16-29)66-43-41(64-26(8)52)39(62-24(6)50)37(60-22(4)48)34(68-43)18-58-20(2)46/h9-10,12-13,15-16,33-34,36-43,54H,11,14,17-18H2,1-8H3/t33-,34-,36-,37-,38+,39+,40-,41-,42+,43+/m1/s1. The van der Waals surface area contributed by atoms with Crippen LogP contribution in [0.2, 0.25) is 0 Å². The molecule has 68 heavy (non-hydrogen) atoms. The van der Waals surface area contributed by atoms with E-state index in [1.54, 1.807) is 0 Å². The zero-order chi connectivity index (χ0) is 50.6. The molecule has 0 saturated carbocycles. The number of benzene rings is 2. The van der Waals surface area contributed by atoms with Gasteiger partial charge < -0.3 is 61.9 Å². The van der Waals surface area contributed by atoms with Crippen LogP contribution in [0.3, 0.4) is 0 Å². The minimum Gasteiger partial charge on any atom is -0.507 e. The lowest BCUT2D eigenvalue weighted by atomic mass is 9.97. The molecule has 4 rings (SSSR count). The Morgan fingerprint density at radius 1 is 0.559 bits per heavy atom. The smallest absolute Gasteiger partial charge is 0.303 e. The van der Waals surface area contributed by atoms with Gasteiger partial charge in [-0.3, -0.25) is 53.3 Å². The van der Waals surface area contributed by atoms with Crippen molar-refractivity contribution < 1.29 is 110 Å². The Bertz CT molecular complexity index is 2240. The van der Waals surface area contributed by atoms with E-state index in [4.69, 9.17) is 56.8 Å². The predicted octanol–water partition coefficient (Wildman–Crippen LogP) is 2.04. The van der Waals surface area contributed by atoms with Crippen LogP contribution < -0.4 is 9.47 Å². The first-order valence-electron chi connectivity index (χ1n) is 20.5. The van der Waals surface area contributed by atoms with Crippen molar-refractivity contribution in [2.45, 2.75) is 130 Å². The van der Waals surface area contributed by atoms with Crippen molar-refractivity contribution in [1.29, 1.82) is 0 Å². The van der Waals surface area contributed by atoms with E-state index in [1.807, 2.05) is 0 Å². The van der Waals surface area contributed by atoms with Crippen LogP contribution in [0.5, 0.6) is 17.2 Å². The van der Waals surface area contributed by atoms with Gasteiger partial charge in [0.1, 0.15) is 48.2 Å². The first kappa shape index (κ1) is 53.2. The number of non-ortho nitro benzene ring substituents is 1. The second-order valence-electron chi connectivity index (χ2n) is 15.0. The van der Waals surface area contributed by atoms with Gasteiger partial charge in [-0.1, -0.05) is 12.1 Å². The number of ketones is 1. The van der Waals surface area contributed by atoms with Crippen molar-refractivity contribution in [3.8, 4) is 17.2 Å². The summed E-state index contributed by atoms with van der Waals surface area (Å²) in [6, 6.07) is 7.14. The number of nitro groups is 1. The summed E-state index contributed by atoms with van der Waals surface area (Å²) in [5.74, 6) is -10.1. The Morgan fingerprint density at radius 2 is 0.956 bits per heavy atom.